The number of nitrogens with two attached hydrogens (primary N) is 1. The molecule has 0 radical (unpaired) electrons. The number of benzene rings is 1. The molecular weight excluding hydrogens is 302 g/mol. The summed E-state index contributed by atoms with van der Waals surface area (Å²) in [7, 11) is -3.87. The van der Waals surface area contributed by atoms with Crippen LogP contribution in [0.25, 0.3) is 0 Å². The molecule has 0 aliphatic heterocycles. The van der Waals surface area contributed by atoms with Gasteiger partial charge in [-0.1, -0.05) is 29.8 Å². The Balaban J connectivity index is 2.40. The van der Waals surface area contributed by atoms with Crippen molar-refractivity contribution in [1.82, 2.24) is 4.98 Å². The van der Waals surface area contributed by atoms with Crippen LogP contribution in [0.5, 0.6) is 0 Å². The van der Waals surface area contributed by atoms with Gasteiger partial charge in [0.1, 0.15) is 10.0 Å². The zero-order chi connectivity index (χ0) is 14.8. The maximum atomic E-state index is 12.1. The fourth-order valence-corrected chi connectivity index (χ4v) is 2.69. The monoisotopic (exact) mass is 311 g/mol. The number of primary amides is 1. The molecule has 2 rings (SSSR count). The van der Waals surface area contributed by atoms with Crippen molar-refractivity contribution in [2.45, 2.75) is 4.90 Å². The van der Waals surface area contributed by atoms with E-state index in [2.05, 4.69) is 9.71 Å². The van der Waals surface area contributed by atoms with Crippen LogP contribution in [-0.2, 0) is 10.0 Å². The van der Waals surface area contributed by atoms with Gasteiger partial charge in [0.25, 0.3) is 15.9 Å². The maximum Gasteiger partial charge on any atom is 0.263 e. The van der Waals surface area contributed by atoms with Gasteiger partial charge >= 0.3 is 0 Å². The third-order valence-corrected chi connectivity index (χ3v) is 4.07. The number of nitrogens with zero attached hydrogens (tertiary/aromatic N) is 1. The Morgan fingerprint density at radius 1 is 1.25 bits per heavy atom. The van der Waals surface area contributed by atoms with Gasteiger partial charge in [-0.2, -0.15) is 0 Å². The number of anilines is 1. The molecule has 0 saturated carbocycles. The van der Waals surface area contributed by atoms with E-state index in [1.807, 2.05) is 0 Å². The molecule has 104 valence electrons. The summed E-state index contributed by atoms with van der Waals surface area (Å²) >= 11 is 5.67. The molecule has 0 fully saturated rings. The summed E-state index contributed by atoms with van der Waals surface area (Å²) in [6.45, 7) is 0. The fourth-order valence-electron chi connectivity index (χ4n) is 1.47. The Morgan fingerprint density at radius 3 is 2.50 bits per heavy atom. The van der Waals surface area contributed by atoms with Gasteiger partial charge in [0.15, 0.2) is 0 Å². The van der Waals surface area contributed by atoms with Crippen molar-refractivity contribution in [3.05, 3.63) is 53.3 Å². The largest absolute Gasteiger partial charge is 0.366 e. The van der Waals surface area contributed by atoms with Crippen LogP contribution in [0.3, 0.4) is 0 Å². The Morgan fingerprint density at radius 2 is 1.90 bits per heavy atom. The summed E-state index contributed by atoms with van der Waals surface area (Å²) < 4.78 is 26.6. The van der Waals surface area contributed by atoms with E-state index in [0.717, 1.165) is 12.3 Å². The molecule has 1 heterocycles. The molecule has 1 amide bonds. The van der Waals surface area contributed by atoms with Gasteiger partial charge in [-0.15, -0.1) is 0 Å². The minimum absolute atomic E-state index is 0.142. The number of hydrogen-bond donors (Lipinski definition) is 2. The first-order valence-electron chi connectivity index (χ1n) is 5.43. The second-order valence-corrected chi connectivity index (χ2v) is 5.89. The highest BCUT2D eigenvalue weighted by Gasteiger charge is 2.18. The standard InChI is InChI=1S/C12H10ClN3O3S/c13-11-10(12(14)17)6-9(7-15-11)20(18,19)16-8-4-2-1-3-5-8/h1-7,16H,(H2,14,17). The minimum Gasteiger partial charge on any atom is -0.366 e. The third-order valence-electron chi connectivity index (χ3n) is 2.42. The van der Waals surface area contributed by atoms with Crippen molar-refractivity contribution >= 4 is 33.2 Å². The number of para-hydroxylation sites is 1. The van der Waals surface area contributed by atoms with E-state index in [9.17, 15) is 13.2 Å². The third kappa shape index (κ3) is 3.06. The number of pyridine rings is 1. The van der Waals surface area contributed by atoms with Crippen LogP contribution in [0.15, 0.2) is 47.5 Å². The molecule has 0 spiro atoms. The lowest BCUT2D eigenvalue weighted by Gasteiger charge is -2.08. The van der Waals surface area contributed by atoms with Crippen LogP contribution in [0, 0.1) is 0 Å². The predicted molar refractivity (Wildman–Crippen MR) is 75.0 cm³/mol. The average molecular weight is 312 g/mol. The predicted octanol–water partition coefficient (Wildman–Crippen LogP) is 1.63. The molecule has 0 unspecified atom stereocenters. The molecule has 0 bridgehead atoms. The second kappa shape index (κ2) is 5.48. The van der Waals surface area contributed by atoms with Gasteiger partial charge in [0, 0.05) is 11.9 Å². The van der Waals surface area contributed by atoms with Crippen molar-refractivity contribution in [3.8, 4) is 0 Å². The van der Waals surface area contributed by atoms with Gasteiger partial charge in [0.2, 0.25) is 0 Å². The molecule has 0 saturated heterocycles. The van der Waals surface area contributed by atoms with Crippen molar-refractivity contribution in [3.63, 3.8) is 0 Å². The van der Waals surface area contributed by atoms with Crippen LogP contribution < -0.4 is 10.5 Å². The summed E-state index contributed by atoms with van der Waals surface area (Å²) in [5.41, 5.74) is 5.34. The first-order chi connectivity index (χ1) is 9.40. The van der Waals surface area contributed by atoms with Gasteiger partial charge in [-0.25, -0.2) is 13.4 Å². The number of hydrogen-bond acceptors (Lipinski definition) is 4. The number of nitrogens with one attached hydrogen (secondary N) is 1. The topological polar surface area (TPSA) is 102 Å². The number of halogens is 1. The highest BCUT2D eigenvalue weighted by atomic mass is 35.5. The Bertz CT molecular complexity index is 748. The smallest absolute Gasteiger partial charge is 0.263 e. The highest BCUT2D eigenvalue weighted by Crippen LogP contribution is 2.19. The van der Waals surface area contributed by atoms with E-state index in [4.69, 9.17) is 17.3 Å². The molecule has 0 aliphatic rings. The van der Waals surface area contributed by atoms with Crippen molar-refractivity contribution in [1.29, 1.82) is 0 Å². The molecule has 2 aromatic rings. The number of amides is 1. The molecule has 3 N–H and O–H groups in total. The van der Waals surface area contributed by atoms with Crippen molar-refractivity contribution in [2.75, 3.05) is 4.72 Å². The molecule has 0 aliphatic carbocycles. The SMILES string of the molecule is NC(=O)c1cc(S(=O)(=O)Nc2ccccc2)cnc1Cl. The van der Waals surface area contributed by atoms with Crippen LogP contribution in [0.1, 0.15) is 10.4 Å². The van der Waals surface area contributed by atoms with Crippen LogP contribution in [0.2, 0.25) is 5.15 Å². The van der Waals surface area contributed by atoms with E-state index >= 15 is 0 Å². The number of sulfonamides is 1. The average Bonchev–Trinajstić information content (AvgIpc) is 2.39. The number of aromatic nitrogens is 1. The fraction of sp³-hybridized carbons (Fsp3) is 0. The molecule has 1 aromatic carbocycles. The van der Waals surface area contributed by atoms with E-state index in [-0.39, 0.29) is 15.6 Å². The molecule has 1 aromatic heterocycles. The Kier molecular flexibility index (Phi) is 3.91. The van der Waals surface area contributed by atoms with E-state index < -0.39 is 15.9 Å². The zero-order valence-electron chi connectivity index (χ0n) is 10.1. The quantitative estimate of drug-likeness (QED) is 0.838. The van der Waals surface area contributed by atoms with Crippen LogP contribution in [0.4, 0.5) is 5.69 Å². The lowest BCUT2D eigenvalue weighted by molar-refractivity contribution is 0.1000. The molecule has 20 heavy (non-hydrogen) atoms. The van der Waals surface area contributed by atoms with Gasteiger partial charge in [-0.3, -0.25) is 9.52 Å². The summed E-state index contributed by atoms with van der Waals surface area (Å²) in [4.78, 5) is 14.6. The minimum atomic E-state index is -3.87. The van der Waals surface area contributed by atoms with Crippen molar-refractivity contribution < 1.29 is 13.2 Å². The van der Waals surface area contributed by atoms with E-state index in [0.29, 0.717) is 5.69 Å². The summed E-state index contributed by atoms with van der Waals surface area (Å²) in [6.07, 6.45) is 1.06. The van der Waals surface area contributed by atoms with Crippen LogP contribution in [-0.4, -0.2) is 19.3 Å². The van der Waals surface area contributed by atoms with Gasteiger partial charge < -0.3 is 5.73 Å². The zero-order valence-corrected chi connectivity index (χ0v) is 11.6. The van der Waals surface area contributed by atoms with E-state index in [1.54, 1.807) is 30.3 Å². The molecular formula is C12H10ClN3O3S. The molecule has 0 atom stereocenters. The van der Waals surface area contributed by atoms with Crippen LogP contribution >= 0.6 is 11.6 Å². The summed E-state index contributed by atoms with van der Waals surface area (Å²) in [6, 6.07) is 9.40. The Hall–Kier alpha value is -2.12. The lowest BCUT2D eigenvalue weighted by Crippen LogP contribution is -2.17. The summed E-state index contributed by atoms with van der Waals surface area (Å²) in [5.74, 6) is -0.848. The van der Waals surface area contributed by atoms with E-state index in [1.165, 1.54) is 0 Å². The number of carbonyl (C=O) groups excluding carboxylic acids is 1. The second-order valence-electron chi connectivity index (χ2n) is 3.85. The summed E-state index contributed by atoms with van der Waals surface area (Å²) in [5, 5.41) is -0.142. The molecule has 8 heteroatoms. The maximum absolute atomic E-state index is 12.1. The lowest BCUT2D eigenvalue weighted by atomic mass is 10.3. The first kappa shape index (κ1) is 14.3. The van der Waals surface area contributed by atoms with Gasteiger partial charge in [0.05, 0.1) is 5.56 Å². The van der Waals surface area contributed by atoms with Gasteiger partial charge in [-0.05, 0) is 18.2 Å². The normalized spacial score (nSPS) is 11.1. The highest BCUT2D eigenvalue weighted by molar-refractivity contribution is 7.92. The first-order valence-corrected chi connectivity index (χ1v) is 7.29. The number of rotatable bonds is 4. The van der Waals surface area contributed by atoms with Crippen molar-refractivity contribution in [2.24, 2.45) is 5.73 Å². The number of carbonyl (C=O) groups is 1. The molecule has 6 nitrogen and oxygen atoms in total. The Labute approximate surface area is 120 Å².